The first-order chi connectivity index (χ1) is 13.6. The number of carbonyl (C=O) groups excluding carboxylic acids is 1. The Hall–Kier alpha value is -3.03. The maximum absolute atomic E-state index is 12.3. The molecule has 0 bridgehead atoms. The van der Waals surface area contributed by atoms with Crippen LogP contribution in [0.3, 0.4) is 0 Å². The van der Waals surface area contributed by atoms with Crippen LogP contribution >= 0.6 is 11.8 Å². The number of allylic oxidation sites excluding steroid dienone is 1. The minimum Gasteiger partial charge on any atom is -0.320 e. The smallest absolute Gasteiger partial charge is 0.225 e. The molecule has 3 aromatic rings. The van der Waals surface area contributed by atoms with Gasteiger partial charge in [-0.1, -0.05) is 72.3 Å². The fraction of sp³-hybridized carbons (Fsp3) is 0.167. The molecule has 4 heteroatoms. The Balaban J connectivity index is 1.60. The molecule has 1 N–H and O–H groups in total. The van der Waals surface area contributed by atoms with Gasteiger partial charge in [0.1, 0.15) is 0 Å². The molecule has 0 spiro atoms. The highest BCUT2D eigenvalue weighted by Crippen LogP contribution is 2.37. The summed E-state index contributed by atoms with van der Waals surface area (Å²) < 4.78 is 0. The number of nitrogens with zero attached hydrogens (tertiary/aromatic N) is 1. The number of hydrogen-bond donors (Lipinski definition) is 1. The van der Waals surface area contributed by atoms with E-state index < -0.39 is 0 Å². The van der Waals surface area contributed by atoms with Crippen molar-refractivity contribution in [2.75, 3.05) is 0 Å². The summed E-state index contributed by atoms with van der Waals surface area (Å²) >= 11 is 1.52. The van der Waals surface area contributed by atoms with Gasteiger partial charge in [-0.3, -0.25) is 4.79 Å². The van der Waals surface area contributed by atoms with Gasteiger partial charge in [0.15, 0.2) is 0 Å². The van der Waals surface area contributed by atoms with Crippen molar-refractivity contribution in [2.24, 2.45) is 0 Å². The average Bonchev–Trinajstić information content (AvgIpc) is 2.72. The zero-order valence-corrected chi connectivity index (χ0v) is 16.4. The van der Waals surface area contributed by atoms with E-state index >= 15 is 0 Å². The van der Waals surface area contributed by atoms with E-state index in [2.05, 4.69) is 41.7 Å². The lowest BCUT2D eigenvalue weighted by molar-refractivity contribution is -0.120. The standard InChI is InChI=1S/C24H20N2OS/c1-16-6-9-19(10-7-16)21-13-23(27)26-24(22(21)14-25)28-15-17-8-11-18-4-2-3-5-20(18)12-17/h2-12,21H,13,15H2,1H3,(H,26,27)/t21-/m0/s1. The van der Waals surface area contributed by atoms with E-state index in [9.17, 15) is 10.1 Å². The number of nitriles is 1. The van der Waals surface area contributed by atoms with Crippen molar-refractivity contribution in [3.8, 4) is 6.07 Å². The largest absolute Gasteiger partial charge is 0.320 e. The lowest BCUT2D eigenvalue weighted by Gasteiger charge is -2.25. The second-order valence-electron chi connectivity index (χ2n) is 7.04. The number of thioether (sulfide) groups is 1. The van der Waals surface area contributed by atoms with Crippen LogP contribution in [0.5, 0.6) is 0 Å². The van der Waals surface area contributed by atoms with Crippen molar-refractivity contribution in [3.05, 3.63) is 94.0 Å². The quantitative estimate of drug-likeness (QED) is 0.653. The SMILES string of the molecule is Cc1ccc([C@@H]2CC(=O)NC(SCc3ccc4ccccc4c3)=C2C#N)cc1. The van der Waals surface area contributed by atoms with Crippen molar-refractivity contribution in [2.45, 2.75) is 25.0 Å². The molecule has 4 rings (SSSR count). The molecule has 0 saturated heterocycles. The van der Waals surface area contributed by atoms with Gasteiger partial charge in [-0.15, -0.1) is 11.8 Å². The van der Waals surface area contributed by atoms with Crippen LogP contribution in [-0.2, 0) is 10.5 Å². The third kappa shape index (κ3) is 3.81. The summed E-state index contributed by atoms with van der Waals surface area (Å²) in [5.74, 6) is 0.482. The first-order valence-electron chi connectivity index (χ1n) is 9.25. The molecule has 1 aliphatic rings. The van der Waals surface area contributed by atoms with Gasteiger partial charge in [0.25, 0.3) is 0 Å². The van der Waals surface area contributed by atoms with Crippen LogP contribution in [0.4, 0.5) is 0 Å². The number of fused-ring (bicyclic) bond motifs is 1. The number of benzene rings is 3. The molecule has 3 aromatic carbocycles. The lowest BCUT2D eigenvalue weighted by Crippen LogP contribution is -2.30. The predicted octanol–water partition coefficient (Wildman–Crippen LogP) is 5.42. The Morgan fingerprint density at radius 3 is 2.57 bits per heavy atom. The summed E-state index contributed by atoms with van der Waals surface area (Å²) in [6.07, 6.45) is 0.311. The van der Waals surface area contributed by atoms with Crippen molar-refractivity contribution in [1.82, 2.24) is 5.32 Å². The molecule has 138 valence electrons. The van der Waals surface area contributed by atoms with Gasteiger partial charge >= 0.3 is 0 Å². The molecule has 0 aliphatic carbocycles. The molecular formula is C24H20N2OS. The topological polar surface area (TPSA) is 52.9 Å². The van der Waals surface area contributed by atoms with Gasteiger partial charge in [-0.2, -0.15) is 5.26 Å². The van der Waals surface area contributed by atoms with Crippen molar-refractivity contribution in [1.29, 1.82) is 5.26 Å². The summed E-state index contributed by atoms with van der Waals surface area (Å²) in [5.41, 5.74) is 3.99. The van der Waals surface area contributed by atoms with Gasteiger partial charge in [0.05, 0.1) is 16.7 Å². The van der Waals surface area contributed by atoms with Crippen LogP contribution in [0.2, 0.25) is 0 Å². The van der Waals surface area contributed by atoms with E-state index in [1.54, 1.807) is 0 Å². The minimum atomic E-state index is -0.182. The van der Waals surface area contributed by atoms with E-state index in [-0.39, 0.29) is 11.8 Å². The lowest BCUT2D eigenvalue weighted by atomic mass is 9.87. The summed E-state index contributed by atoms with van der Waals surface area (Å²) in [4.78, 5) is 12.3. The van der Waals surface area contributed by atoms with Crippen LogP contribution in [0, 0.1) is 18.3 Å². The second-order valence-corrected chi connectivity index (χ2v) is 8.03. The summed E-state index contributed by atoms with van der Waals surface area (Å²) in [7, 11) is 0. The predicted molar refractivity (Wildman–Crippen MR) is 115 cm³/mol. The molecule has 3 nitrogen and oxygen atoms in total. The highest BCUT2D eigenvalue weighted by Gasteiger charge is 2.29. The molecule has 1 aliphatic heterocycles. The summed E-state index contributed by atoms with van der Waals surface area (Å²) in [6, 6.07) is 25.1. The normalized spacial score (nSPS) is 16.7. The highest BCUT2D eigenvalue weighted by atomic mass is 32.2. The molecule has 1 amide bonds. The first kappa shape index (κ1) is 18.3. The van der Waals surface area contributed by atoms with E-state index in [1.165, 1.54) is 28.1 Å². The van der Waals surface area contributed by atoms with Gasteiger partial charge in [0.2, 0.25) is 5.91 Å². The third-order valence-electron chi connectivity index (χ3n) is 5.03. The highest BCUT2D eigenvalue weighted by molar-refractivity contribution is 8.02. The van der Waals surface area contributed by atoms with E-state index in [1.807, 2.05) is 43.3 Å². The number of aryl methyl sites for hydroxylation is 1. The van der Waals surface area contributed by atoms with Gasteiger partial charge in [0, 0.05) is 18.1 Å². The molecule has 28 heavy (non-hydrogen) atoms. The van der Waals surface area contributed by atoms with Gasteiger partial charge in [-0.25, -0.2) is 0 Å². The number of nitrogens with one attached hydrogen (secondary N) is 1. The number of hydrogen-bond acceptors (Lipinski definition) is 3. The van der Waals surface area contributed by atoms with Crippen molar-refractivity contribution < 1.29 is 4.79 Å². The van der Waals surface area contributed by atoms with E-state index in [4.69, 9.17) is 0 Å². The maximum Gasteiger partial charge on any atom is 0.225 e. The number of rotatable bonds is 4. The molecule has 0 saturated carbocycles. The number of amides is 1. The molecule has 0 aromatic heterocycles. The monoisotopic (exact) mass is 384 g/mol. The van der Waals surface area contributed by atoms with E-state index in [0.717, 1.165) is 11.1 Å². The van der Waals surface area contributed by atoms with Crippen molar-refractivity contribution in [3.63, 3.8) is 0 Å². The Kier molecular flexibility index (Phi) is 5.18. The third-order valence-corrected chi connectivity index (χ3v) is 6.12. The first-order valence-corrected chi connectivity index (χ1v) is 10.2. The fourth-order valence-electron chi connectivity index (χ4n) is 3.50. The summed E-state index contributed by atoms with van der Waals surface area (Å²) in [5, 5.41) is 15.8. The minimum absolute atomic E-state index is 0.0365. The van der Waals surface area contributed by atoms with Crippen LogP contribution in [0.1, 0.15) is 29.0 Å². The average molecular weight is 385 g/mol. The van der Waals surface area contributed by atoms with Gasteiger partial charge < -0.3 is 5.32 Å². The van der Waals surface area contributed by atoms with Crippen LogP contribution < -0.4 is 5.32 Å². The zero-order chi connectivity index (χ0) is 19.5. The Morgan fingerprint density at radius 2 is 1.82 bits per heavy atom. The molecule has 0 radical (unpaired) electrons. The second kappa shape index (κ2) is 7.92. The molecule has 1 heterocycles. The van der Waals surface area contributed by atoms with Crippen LogP contribution in [0.25, 0.3) is 10.8 Å². The van der Waals surface area contributed by atoms with E-state index in [0.29, 0.717) is 22.8 Å². The zero-order valence-electron chi connectivity index (χ0n) is 15.6. The molecule has 1 atom stereocenters. The molecule has 0 unspecified atom stereocenters. The number of carbonyl (C=O) groups is 1. The molecular weight excluding hydrogens is 364 g/mol. The van der Waals surface area contributed by atoms with Crippen molar-refractivity contribution >= 4 is 28.4 Å². The Labute approximate surface area is 169 Å². The van der Waals surface area contributed by atoms with Crippen LogP contribution in [-0.4, -0.2) is 5.91 Å². The Bertz CT molecular complexity index is 1110. The van der Waals surface area contributed by atoms with Gasteiger partial charge in [-0.05, 0) is 28.8 Å². The molecule has 0 fully saturated rings. The summed E-state index contributed by atoms with van der Waals surface area (Å²) in [6.45, 7) is 2.03. The van der Waals surface area contributed by atoms with Crippen LogP contribution in [0.15, 0.2) is 77.3 Å². The fourth-order valence-corrected chi connectivity index (χ4v) is 4.52. The maximum atomic E-state index is 12.3. The Morgan fingerprint density at radius 1 is 1.07 bits per heavy atom.